The van der Waals surface area contributed by atoms with E-state index in [9.17, 15) is 4.79 Å². The Balaban J connectivity index is 0.00000156. The molecule has 2 saturated heterocycles. The second-order valence-corrected chi connectivity index (χ2v) is 6.65. The molecule has 0 spiro atoms. The van der Waals surface area contributed by atoms with Crippen molar-refractivity contribution in [1.82, 2.24) is 15.6 Å². The number of nitrogens with zero attached hydrogens (tertiary/aromatic N) is 2. The predicted octanol–water partition coefficient (Wildman–Crippen LogP) is 1.77. The number of rotatable bonds is 4. The van der Waals surface area contributed by atoms with E-state index in [1.54, 1.807) is 0 Å². The van der Waals surface area contributed by atoms with Crippen molar-refractivity contribution in [2.75, 3.05) is 44.3 Å². The fraction of sp³-hybridized carbons (Fsp3) is 0.647. The minimum Gasteiger partial charge on any atom is -0.378 e. The maximum atomic E-state index is 12.4. The summed E-state index contributed by atoms with van der Waals surface area (Å²) in [7, 11) is 0. The van der Waals surface area contributed by atoms with Gasteiger partial charge in [0, 0.05) is 32.4 Å². The number of ether oxygens (including phenoxy) is 1. The molecule has 2 aliphatic heterocycles. The van der Waals surface area contributed by atoms with E-state index >= 15 is 0 Å². The SMILES string of the molecule is CC1(C(=O)NCc2ccc(N3CCOCC3)nc2)CCCNC1.Cl.Cl. The fourth-order valence-electron chi connectivity index (χ4n) is 3.15. The largest absolute Gasteiger partial charge is 0.378 e. The van der Waals surface area contributed by atoms with Crippen LogP contribution >= 0.6 is 24.8 Å². The Morgan fingerprint density at radius 3 is 2.72 bits per heavy atom. The van der Waals surface area contributed by atoms with Gasteiger partial charge in [0.25, 0.3) is 0 Å². The smallest absolute Gasteiger partial charge is 0.227 e. The number of carbonyl (C=O) groups excluding carboxylic acids is 1. The van der Waals surface area contributed by atoms with Gasteiger partial charge in [0.05, 0.1) is 18.6 Å². The van der Waals surface area contributed by atoms with Gasteiger partial charge in [-0.3, -0.25) is 4.79 Å². The van der Waals surface area contributed by atoms with Gasteiger partial charge in [-0.2, -0.15) is 0 Å². The van der Waals surface area contributed by atoms with Crippen molar-refractivity contribution < 1.29 is 9.53 Å². The predicted molar refractivity (Wildman–Crippen MR) is 104 cm³/mol. The molecule has 1 amide bonds. The number of nitrogens with one attached hydrogen (secondary N) is 2. The van der Waals surface area contributed by atoms with Crippen LogP contribution in [-0.4, -0.2) is 50.3 Å². The molecular formula is C17H28Cl2N4O2. The van der Waals surface area contributed by atoms with Crippen LogP contribution in [0.1, 0.15) is 25.3 Å². The number of amides is 1. The van der Waals surface area contributed by atoms with E-state index in [4.69, 9.17) is 4.74 Å². The molecule has 0 bridgehead atoms. The lowest BCUT2D eigenvalue weighted by molar-refractivity contribution is -0.131. The highest BCUT2D eigenvalue weighted by molar-refractivity contribution is 5.85. The van der Waals surface area contributed by atoms with Gasteiger partial charge < -0.3 is 20.3 Å². The summed E-state index contributed by atoms with van der Waals surface area (Å²) in [6, 6.07) is 4.07. The topological polar surface area (TPSA) is 66.5 Å². The Bertz CT molecular complexity index is 530. The zero-order chi connectivity index (χ0) is 16.1. The molecule has 2 N–H and O–H groups in total. The summed E-state index contributed by atoms with van der Waals surface area (Å²) in [6.45, 7) is 7.61. The number of anilines is 1. The van der Waals surface area contributed by atoms with E-state index in [1.165, 1.54) is 0 Å². The second-order valence-electron chi connectivity index (χ2n) is 6.65. The van der Waals surface area contributed by atoms with Gasteiger partial charge in [0.15, 0.2) is 0 Å². The minimum atomic E-state index is -0.292. The van der Waals surface area contributed by atoms with Crippen LogP contribution in [0.2, 0.25) is 0 Å². The third-order valence-electron chi connectivity index (χ3n) is 4.74. The van der Waals surface area contributed by atoms with Gasteiger partial charge in [-0.1, -0.05) is 6.07 Å². The van der Waals surface area contributed by atoms with Gasteiger partial charge in [0.2, 0.25) is 5.91 Å². The summed E-state index contributed by atoms with van der Waals surface area (Å²) in [5.74, 6) is 1.11. The van der Waals surface area contributed by atoms with Crippen molar-refractivity contribution in [1.29, 1.82) is 0 Å². The molecule has 1 atom stereocenters. The molecule has 0 aliphatic carbocycles. The van der Waals surface area contributed by atoms with Crippen LogP contribution in [0.15, 0.2) is 18.3 Å². The van der Waals surface area contributed by atoms with Crippen LogP contribution in [-0.2, 0) is 16.1 Å². The van der Waals surface area contributed by atoms with Gasteiger partial charge in [-0.05, 0) is 37.9 Å². The van der Waals surface area contributed by atoms with Crippen molar-refractivity contribution in [2.24, 2.45) is 5.41 Å². The van der Waals surface area contributed by atoms with Crippen molar-refractivity contribution in [3.05, 3.63) is 23.9 Å². The monoisotopic (exact) mass is 390 g/mol. The average Bonchev–Trinajstić information content (AvgIpc) is 2.61. The van der Waals surface area contributed by atoms with Crippen LogP contribution < -0.4 is 15.5 Å². The molecule has 6 nitrogen and oxygen atoms in total. The molecule has 2 aliphatic rings. The fourth-order valence-corrected chi connectivity index (χ4v) is 3.15. The number of pyridine rings is 1. The molecular weight excluding hydrogens is 363 g/mol. The molecule has 0 saturated carbocycles. The Hall–Kier alpha value is -1.08. The number of piperidine rings is 1. The first-order valence-electron chi connectivity index (χ1n) is 8.44. The number of carbonyl (C=O) groups is 1. The van der Waals surface area contributed by atoms with Gasteiger partial charge >= 0.3 is 0 Å². The highest BCUT2D eigenvalue weighted by Gasteiger charge is 2.34. The van der Waals surface area contributed by atoms with Crippen LogP contribution in [0, 0.1) is 5.41 Å². The van der Waals surface area contributed by atoms with Crippen molar-refractivity contribution in [3.63, 3.8) is 0 Å². The minimum absolute atomic E-state index is 0. The standard InChI is InChI=1S/C17H26N4O2.2ClH/c1-17(5-2-6-18-13-17)16(22)20-12-14-3-4-15(19-11-14)21-7-9-23-10-8-21;;/h3-4,11,18H,2,5-10,12-13H2,1H3,(H,20,22);2*1H. The molecule has 3 rings (SSSR count). The van der Waals surface area contributed by atoms with Crippen molar-refractivity contribution in [3.8, 4) is 0 Å². The Morgan fingerprint density at radius 1 is 1.36 bits per heavy atom. The van der Waals surface area contributed by atoms with Crippen molar-refractivity contribution in [2.45, 2.75) is 26.3 Å². The Kier molecular flexibility index (Phi) is 8.93. The van der Waals surface area contributed by atoms with Crippen LogP contribution in [0.25, 0.3) is 0 Å². The highest BCUT2D eigenvalue weighted by atomic mass is 35.5. The Labute approximate surface area is 161 Å². The maximum absolute atomic E-state index is 12.4. The molecule has 25 heavy (non-hydrogen) atoms. The zero-order valence-corrected chi connectivity index (χ0v) is 16.3. The summed E-state index contributed by atoms with van der Waals surface area (Å²) in [6.07, 6.45) is 3.85. The quantitative estimate of drug-likeness (QED) is 0.819. The molecule has 8 heteroatoms. The summed E-state index contributed by atoms with van der Waals surface area (Å²) >= 11 is 0. The lowest BCUT2D eigenvalue weighted by Gasteiger charge is -2.32. The van der Waals surface area contributed by atoms with Crippen LogP contribution in [0.5, 0.6) is 0 Å². The van der Waals surface area contributed by atoms with Gasteiger partial charge in [0.1, 0.15) is 5.82 Å². The number of hydrogen-bond acceptors (Lipinski definition) is 5. The summed E-state index contributed by atoms with van der Waals surface area (Å²) in [5.41, 5.74) is 0.738. The lowest BCUT2D eigenvalue weighted by atomic mass is 9.82. The van der Waals surface area contributed by atoms with E-state index in [1.807, 2.05) is 25.3 Å². The first kappa shape index (κ1) is 22.0. The molecule has 1 aromatic rings. The maximum Gasteiger partial charge on any atom is 0.227 e. The van der Waals surface area contributed by atoms with Crippen LogP contribution in [0.4, 0.5) is 5.82 Å². The second kappa shape index (κ2) is 10.2. The Morgan fingerprint density at radius 2 is 2.12 bits per heavy atom. The molecule has 2 fully saturated rings. The molecule has 3 heterocycles. The number of halogens is 2. The normalized spacial score (nSPS) is 23.2. The van der Waals surface area contributed by atoms with E-state index in [0.29, 0.717) is 6.54 Å². The number of hydrogen-bond donors (Lipinski definition) is 2. The van der Waals surface area contributed by atoms with Gasteiger partial charge in [-0.25, -0.2) is 4.98 Å². The third kappa shape index (κ3) is 5.71. The molecule has 1 aromatic heterocycles. The highest BCUT2D eigenvalue weighted by Crippen LogP contribution is 2.25. The molecule has 1 unspecified atom stereocenters. The van der Waals surface area contributed by atoms with E-state index in [-0.39, 0.29) is 36.1 Å². The van der Waals surface area contributed by atoms with E-state index in [0.717, 1.165) is 63.6 Å². The van der Waals surface area contributed by atoms with Gasteiger partial charge in [-0.15, -0.1) is 24.8 Å². The number of aromatic nitrogens is 1. The van der Waals surface area contributed by atoms with Crippen LogP contribution in [0.3, 0.4) is 0 Å². The summed E-state index contributed by atoms with van der Waals surface area (Å²) < 4.78 is 5.35. The number of morpholine rings is 1. The first-order chi connectivity index (χ1) is 11.2. The first-order valence-corrected chi connectivity index (χ1v) is 8.44. The molecule has 142 valence electrons. The zero-order valence-electron chi connectivity index (χ0n) is 14.6. The van der Waals surface area contributed by atoms with E-state index in [2.05, 4.69) is 20.5 Å². The third-order valence-corrected chi connectivity index (χ3v) is 4.74. The van der Waals surface area contributed by atoms with Crippen molar-refractivity contribution >= 4 is 36.5 Å². The average molecular weight is 391 g/mol. The molecule has 0 aromatic carbocycles. The summed E-state index contributed by atoms with van der Waals surface area (Å²) in [4.78, 5) is 19.2. The molecule has 0 radical (unpaired) electrons. The lowest BCUT2D eigenvalue weighted by Crippen LogP contribution is -2.48. The summed E-state index contributed by atoms with van der Waals surface area (Å²) in [5, 5.41) is 6.36. The van der Waals surface area contributed by atoms with E-state index < -0.39 is 0 Å².